The second kappa shape index (κ2) is 25.4. The molecule has 21 heteroatoms. The number of aromatic nitrogens is 3. The summed E-state index contributed by atoms with van der Waals surface area (Å²) >= 11 is 0. The van der Waals surface area contributed by atoms with Crippen molar-refractivity contribution in [3.8, 4) is 0 Å². The number of hydrogen-bond donors (Lipinski definition) is 4. The molecule has 1 aromatic carbocycles. The van der Waals surface area contributed by atoms with E-state index in [1.165, 1.54) is 18.9 Å². The highest BCUT2D eigenvalue weighted by Gasteiger charge is 2.49. The predicted molar refractivity (Wildman–Crippen MR) is 270 cm³/mol. The van der Waals surface area contributed by atoms with Crippen LogP contribution in [0.5, 0.6) is 0 Å². The molecule has 4 heterocycles. The summed E-state index contributed by atoms with van der Waals surface area (Å²) in [4.78, 5) is 78.1. The number of methoxy groups -OCH3 is 2. The van der Waals surface area contributed by atoms with Gasteiger partial charge in [-0.1, -0.05) is 82.7 Å². The summed E-state index contributed by atoms with van der Waals surface area (Å²) in [6.07, 6.45) is 8.07. The number of aryl methyl sites for hydroxylation is 1. The van der Waals surface area contributed by atoms with E-state index in [9.17, 15) is 37.5 Å². The predicted octanol–water partition coefficient (Wildman–Crippen LogP) is 2.08. The number of amides is 5. The van der Waals surface area contributed by atoms with Crippen LogP contribution in [0.3, 0.4) is 0 Å². The van der Waals surface area contributed by atoms with Gasteiger partial charge in [0.1, 0.15) is 18.3 Å². The van der Waals surface area contributed by atoms with Gasteiger partial charge in [-0.3, -0.25) is 43.2 Å². The number of benzene rings is 1. The molecule has 2 saturated heterocycles. The molecule has 3 aliphatic heterocycles. The van der Waals surface area contributed by atoms with Gasteiger partial charge in [-0.05, 0) is 75.0 Å². The Morgan fingerprint density at radius 3 is 2.35 bits per heavy atom. The molecule has 5 amide bonds. The average molecular weight is 1030 g/mol. The third-order valence-electron chi connectivity index (χ3n) is 15.6. The van der Waals surface area contributed by atoms with E-state index in [0.717, 1.165) is 19.3 Å². The summed E-state index contributed by atoms with van der Waals surface area (Å²) in [6.45, 7) is 11.1. The molecule has 72 heavy (non-hydrogen) atoms. The summed E-state index contributed by atoms with van der Waals surface area (Å²) in [5.41, 5.74) is 1.31. The van der Waals surface area contributed by atoms with Crippen molar-refractivity contribution in [1.29, 1.82) is 0 Å². The first-order valence-corrected chi connectivity index (χ1v) is 27.4. The van der Waals surface area contributed by atoms with Crippen LogP contribution in [0.1, 0.15) is 97.2 Å². The summed E-state index contributed by atoms with van der Waals surface area (Å²) in [6, 6.07) is 6.00. The summed E-state index contributed by atoms with van der Waals surface area (Å²) in [5.74, 6) is -3.32. The number of aliphatic hydroxyl groups excluding tert-OH is 1. The molecular weight excluding hydrogens is 945 g/mol. The second-order valence-corrected chi connectivity index (χ2v) is 22.6. The number of piperidine rings is 1. The van der Waals surface area contributed by atoms with Crippen LogP contribution in [-0.4, -0.2) is 179 Å². The topological polar surface area (TPSA) is 238 Å². The number of nitrogens with zero attached hydrogens (tertiary/aromatic N) is 7. The Labute approximate surface area is 426 Å². The lowest BCUT2D eigenvalue weighted by Crippen LogP contribution is -2.60. The number of sulfonamides is 1. The number of hydrogen-bond acceptors (Lipinski definition) is 14. The maximum absolute atomic E-state index is 14.5. The molecule has 400 valence electrons. The number of likely N-dealkylation sites (tertiary alicyclic amines) is 2. The van der Waals surface area contributed by atoms with E-state index < -0.39 is 76.1 Å². The third-order valence-corrected chi connectivity index (χ3v) is 16.9. The van der Waals surface area contributed by atoms with Gasteiger partial charge in [0.15, 0.2) is 0 Å². The second-order valence-electron chi connectivity index (χ2n) is 20.8. The maximum Gasteiger partial charge on any atom is 0.256 e. The quantitative estimate of drug-likeness (QED) is 0.0989. The highest BCUT2D eigenvalue weighted by molar-refractivity contribution is 7.90. The molecule has 2 aromatic rings. The van der Waals surface area contributed by atoms with Crippen LogP contribution in [0.15, 0.2) is 48.7 Å². The first-order chi connectivity index (χ1) is 34.3. The van der Waals surface area contributed by atoms with Crippen LogP contribution in [0, 0.1) is 23.7 Å². The molecule has 3 fully saturated rings. The highest BCUT2D eigenvalue weighted by Crippen LogP contribution is 2.41. The van der Waals surface area contributed by atoms with Crippen molar-refractivity contribution < 1.29 is 47.0 Å². The Balaban J connectivity index is 1.08. The van der Waals surface area contributed by atoms with E-state index in [2.05, 4.69) is 30.6 Å². The molecule has 20 nitrogen and oxygen atoms in total. The fourth-order valence-corrected chi connectivity index (χ4v) is 12.4. The molecule has 0 spiro atoms. The SMILES string of the molecule is CC[C@H](C)[C@@H]([C@@H](CC(=O)N1CCC[C@H]1[C@H](OC)[C@@H](C)C(=O)N[C@@H](Cc1ccccc1)C(=O)NS(=O)(=O)CCCn1cc(CN2CC=CC2O)nn1)OC)N(C)C(=O)[C@@H](NC(=O)[C@@H]1[C@H]2CC[C@H](C2)N1C)C(C)C. The fourth-order valence-electron chi connectivity index (χ4n) is 11.4. The first-order valence-electron chi connectivity index (χ1n) is 25.8. The summed E-state index contributed by atoms with van der Waals surface area (Å²) in [5, 5.41) is 24.2. The van der Waals surface area contributed by atoms with Gasteiger partial charge in [0.2, 0.25) is 33.7 Å². The van der Waals surface area contributed by atoms with Crippen LogP contribution in [0.25, 0.3) is 0 Å². The number of rotatable bonds is 26. The molecule has 1 unspecified atom stereocenters. The minimum atomic E-state index is -4.15. The zero-order valence-corrected chi connectivity index (χ0v) is 44.5. The first kappa shape index (κ1) is 56.5. The molecular formula is C51H80N10O10S. The third kappa shape index (κ3) is 13.9. The normalized spacial score (nSPS) is 24.2. The van der Waals surface area contributed by atoms with Gasteiger partial charge < -0.3 is 35.0 Å². The molecule has 4 aliphatic rings. The number of fused-ring (bicyclic) bond motifs is 2. The molecule has 2 bridgehead atoms. The lowest BCUT2D eigenvalue weighted by molar-refractivity contribution is -0.148. The van der Waals surface area contributed by atoms with E-state index >= 15 is 0 Å². The molecule has 1 aromatic heterocycles. The summed E-state index contributed by atoms with van der Waals surface area (Å²) < 4.78 is 42.4. The van der Waals surface area contributed by atoms with Crippen molar-refractivity contribution in [2.24, 2.45) is 23.7 Å². The van der Waals surface area contributed by atoms with E-state index in [-0.39, 0.29) is 67.3 Å². The number of aliphatic hydroxyl groups is 1. The molecule has 0 radical (unpaired) electrons. The number of carbonyl (C=O) groups excluding carboxylic acids is 5. The van der Waals surface area contributed by atoms with Crippen LogP contribution >= 0.6 is 0 Å². The fraction of sp³-hybridized carbons (Fsp3) is 0.706. The van der Waals surface area contributed by atoms with E-state index in [0.29, 0.717) is 56.2 Å². The Kier molecular flexibility index (Phi) is 20.0. The van der Waals surface area contributed by atoms with Crippen LogP contribution in [0.2, 0.25) is 0 Å². The number of ether oxygens (including phenoxy) is 2. The average Bonchev–Trinajstić information content (AvgIpc) is 4.22. The van der Waals surface area contributed by atoms with Gasteiger partial charge in [0.25, 0.3) is 5.91 Å². The number of carbonyl (C=O) groups is 5. The molecule has 1 saturated carbocycles. The zero-order valence-electron chi connectivity index (χ0n) is 43.7. The molecule has 1 aliphatic carbocycles. The standard InChI is InChI=1S/C51H80N10O10S/c1-10-33(4)45(58(7)51(67)44(32(2)3)53-50(66)46-36-21-22-38(28-36)57(46)6)41(70-8)29-43(63)61-25-14-19-40(61)47(71-9)34(5)48(64)52-39(27-35-17-12-11-13-18-35)49(65)55-72(68,69)26-16-24-60-31-37(54-56-60)30-59-23-15-20-42(59)62/h11-13,15,17-18,20,31-34,36,38-42,44-47,62H,10,14,16,19,21-30H2,1-9H3,(H,52,64)(H,53,66)(H,55,65)/t33-,34+,36-,38+,39-,40-,41+,42?,44-,45-,46-,47+/m0/s1. The smallest absolute Gasteiger partial charge is 0.256 e. The van der Waals surface area contributed by atoms with Crippen molar-refractivity contribution in [2.45, 2.75) is 160 Å². The van der Waals surface area contributed by atoms with Crippen molar-refractivity contribution in [3.63, 3.8) is 0 Å². The van der Waals surface area contributed by atoms with Gasteiger partial charge in [0.05, 0.1) is 54.1 Å². The van der Waals surface area contributed by atoms with E-state index in [4.69, 9.17) is 9.47 Å². The zero-order chi connectivity index (χ0) is 52.4. The minimum Gasteiger partial charge on any atom is -0.379 e. The molecule has 12 atom stereocenters. The Morgan fingerprint density at radius 1 is 0.986 bits per heavy atom. The van der Waals surface area contributed by atoms with Crippen molar-refractivity contribution >= 4 is 39.6 Å². The van der Waals surface area contributed by atoms with Gasteiger partial charge in [-0.15, -0.1) is 5.10 Å². The molecule has 6 rings (SSSR count). The van der Waals surface area contributed by atoms with Gasteiger partial charge in [-0.25, -0.2) is 8.42 Å². The summed E-state index contributed by atoms with van der Waals surface area (Å²) in [7, 11) is 2.57. The molecule has 4 N–H and O–H groups in total. The number of likely N-dealkylation sites (N-methyl/N-ethyl adjacent to an activating group) is 2. The van der Waals surface area contributed by atoms with Crippen molar-refractivity contribution in [1.82, 2.24) is 49.9 Å². The largest absolute Gasteiger partial charge is 0.379 e. The Bertz CT molecular complexity index is 2300. The van der Waals surface area contributed by atoms with E-state index in [1.807, 2.05) is 46.9 Å². The van der Waals surface area contributed by atoms with Crippen LogP contribution in [-0.2, 0) is 63.0 Å². The lowest BCUT2D eigenvalue weighted by atomic mass is 9.89. The Hall–Kier alpha value is -4.80. The van der Waals surface area contributed by atoms with Gasteiger partial charge >= 0.3 is 0 Å². The minimum absolute atomic E-state index is 0.00501. The maximum atomic E-state index is 14.5. The van der Waals surface area contributed by atoms with Gasteiger partial charge in [0, 0.05) is 66.1 Å². The van der Waals surface area contributed by atoms with Gasteiger partial charge in [-0.2, -0.15) is 0 Å². The van der Waals surface area contributed by atoms with Crippen LogP contribution < -0.4 is 15.4 Å². The Morgan fingerprint density at radius 2 is 1.72 bits per heavy atom. The monoisotopic (exact) mass is 1020 g/mol. The van der Waals surface area contributed by atoms with Crippen molar-refractivity contribution in [3.05, 3.63) is 59.9 Å². The van der Waals surface area contributed by atoms with Crippen LogP contribution in [0.4, 0.5) is 0 Å². The number of nitrogens with one attached hydrogen (secondary N) is 3. The highest BCUT2D eigenvalue weighted by atomic mass is 32.2. The van der Waals surface area contributed by atoms with Crippen molar-refractivity contribution in [2.75, 3.05) is 47.2 Å². The lowest BCUT2D eigenvalue weighted by Gasteiger charge is -2.41. The van der Waals surface area contributed by atoms with E-state index in [1.54, 1.807) is 65.2 Å².